The zero-order valence-electron chi connectivity index (χ0n) is 20.2. The van der Waals surface area contributed by atoms with Crippen LogP contribution in [0.4, 0.5) is 5.13 Å². The molecule has 0 saturated carbocycles. The number of rotatable bonds is 9. The van der Waals surface area contributed by atoms with Gasteiger partial charge < -0.3 is 25.7 Å². The number of carbonyl (C=O) groups is 3. The standard InChI is InChI=1S/C22H22N8O6S2/c1-3-36-27-15(12-10-38-22(23)24-12)18(31)25-16-19(32)30-17(21(33)34)11(9-37-20(16)30)8-28-6-7-29-14(28)5-4-13(26-29)35-2/h4-7,10,16,20H,3,8-9H2,1-2H3,(H3-,23,24,25,31,33,34)/p+1/b27-15+/t16-,20-/m1/s1. The molecular weight excluding hydrogens is 536 g/mol. The molecule has 1 saturated heterocycles. The van der Waals surface area contributed by atoms with Gasteiger partial charge in [0.1, 0.15) is 42.2 Å². The highest BCUT2D eigenvalue weighted by Crippen LogP contribution is 2.40. The third-order valence-electron chi connectivity index (χ3n) is 5.87. The van der Waals surface area contributed by atoms with E-state index in [2.05, 4.69) is 20.6 Å². The van der Waals surface area contributed by atoms with Gasteiger partial charge in [0, 0.05) is 28.8 Å². The summed E-state index contributed by atoms with van der Waals surface area (Å²) in [5.41, 5.74) is 6.97. The van der Waals surface area contributed by atoms with Gasteiger partial charge in [-0.15, -0.1) is 23.1 Å². The number of nitrogens with one attached hydrogen (secondary N) is 1. The van der Waals surface area contributed by atoms with Crippen LogP contribution in [0.3, 0.4) is 0 Å². The molecule has 2 aliphatic heterocycles. The topological polar surface area (TPSA) is 178 Å². The van der Waals surface area contributed by atoms with Gasteiger partial charge in [-0.1, -0.05) is 9.67 Å². The summed E-state index contributed by atoms with van der Waals surface area (Å²) in [6.07, 6.45) is 3.51. The number of carboxylic acids is 1. The van der Waals surface area contributed by atoms with Crippen molar-refractivity contribution in [1.29, 1.82) is 0 Å². The lowest BCUT2D eigenvalue weighted by Gasteiger charge is -2.49. The number of imidazole rings is 1. The average Bonchev–Trinajstić information content (AvgIpc) is 3.52. The number of methoxy groups -OCH3 is 1. The molecule has 0 unspecified atom stereocenters. The highest BCUT2D eigenvalue weighted by atomic mass is 32.2. The van der Waals surface area contributed by atoms with Crippen LogP contribution in [0.2, 0.25) is 0 Å². The van der Waals surface area contributed by atoms with Gasteiger partial charge >= 0.3 is 11.6 Å². The number of carbonyl (C=O) groups excluding carboxylic acids is 2. The number of hydrogen-bond donors (Lipinski definition) is 3. The number of carboxylic acid groups (broad SMARTS) is 1. The molecule has 198 valence electrons. The number of fused-ring (bicyclic) bond motifs is 2. The van der Waals surface area contributed by atoms with Crippen molar-refractivity contribution < 1.29 is 33.6 Å². The molecule has 0 bridgehead atoms. The number of aliphatic carboxylic acids is 1. The fourth-order valence-corrected chi connectivity index (χ4v) is 6.05. The smallest absolute Gasteiger partial charge is 0.352 e. The lowest BCUT2D eigenvalue weighted by Crippen LogP contribution is -2.71. The number of thioether (sulfide) groups is 1. The van der Waals surface area contributed by atoms with Gasteiger partial charge in [0.2, 0.25) is 0 Å². The number of nitrogens with two attached hydrogens (primary N) is 1. The van der Waals surface area contributed by atoms with Crippen LogP contribution in [0.5, 0.6) is 5.88 Å². The fraction of sp³-hybridized carbons (Fsp3) is 0.318. The Morgan fingerprint density at radius 1 is 1.39 bits per heavy atom. The summed E-state index contributed by atoms with van der Waals surface area (Å²) in [4.78, 5) is 48.7. The number of aromatic nitrogens is 4. The second kappa shape index (κ2) is 10.3. The Morgan fingerprint density at radius 2 is 2.21 bits per heavy atom. The summed E-state index contributed by atoms with van der Waals surface area (Å²) in [6.45, 7) is 2.17. The first-order chi connectivity index (χ1) is 18.3. The number of nitrogens with zero attached hydrogens (tertiary/aromatic N) is 6. The molecule has 0 spiro atoms. The maximum Gasteiger partial charge on any atom is 0.352 e. The maximum absolute atomic E-state index is 13.1. The van der Waals surface area contributed by atoms with E-state index >= 15 is 0 Å². The molecule has 5 rings (SSSR count). The Hall–Kier alpha value is -4.18. The van der Waals surface area contributed by atoms with Crippen LogP contribution in [0.15, 0.2) is 46.3 Å². The summed E-state index contributed by atoms with van der Waals surface area (Å²) >= 11 is 2.50. The molecule has 2 amide bonds. The Balaban J connectivity index is 1.36. The molecule has 4 N–H and O–H groups in total. The predicted octanol–water partition coefficient (Wildman–Crippen LogP) is -0.151. The molecule has 14 nitrogen and oxygen atoms in total. The quantitative estimate of drug-likeness (QED) is 0.138. The van der Waals surface area contributed by atoms with Crippen molar-refractivity contribution in [1.82, 2.24) is 24.8 Å². The Morgan fingerprint density at radius 3 is 2.89 bits per heavy atom. The minimum Gasteiger partial charge on any atom is -0.479 e. The average molecular weight is 560 g/mol. The van der Waals surface area contributed by atoms with Gasteiger partial charge in [-0.2, -0.15) is 0 Å². The van der Waals surface area contributed by atoms with E-state index in [-0.39, 0.29) is 35.4 Å². The van der Waals surface area contributed by atoms with Crippen molar-refractivity contribution >= 4 is 57.4 Å². The van der Waals surface area contributed by atoms with Gasteiger partial charge in [-0.05, 0) is 12.0 Å². The number of hydrogen-bond acceptors (Lipinski definition) is 11. The highest BCUT2D eigenvalue weighted by Gasteiger charge is 2.54. The van der Waals surface area contributed by atoms with Crippen molar-refractivity contribution in [3.63, 3.8) is 0 Å². The monoisotopic (exact) mass is 559 g/mol. The lowest BCUT2D eigenvalue weighted by molar-refractivity contribution is -0.662. The number of oxime groups is 1. The van der Waals surface area contributed by atoms with Crippen LogP contribution in [-0.2, 0) is 25.8 Å². The van der Waals surface area contributed by atoms with E-state index in [0.717, 1.165) is 17.0 Å². The third kappa shape index (κ3) is 4.51. The van der Waals surface area contributed by atoms with E-state index in [1.165, 1.54) is 23.8 Å². The molecule has 16 heteroatoms. The fourth-order valence-electron chi connectivity index (χ4n) is 4.16. The second-order valence-corrected chi connectivity index (χ2v) is 10.1. The van der Waals surface area contributed by atoms with Crippen LogP contribution in [0.1, 0.15) is 12.6 Å². The first kappa shape index (κ1) is 25.5. The first-order valence-corrected chi connectivity index (χ1v) is 13.3. The van der Waals surface area contributed by atoms with E-state index in [4.69, 9.17) is 15.3 Å². The van der Waals surface area contributed by atoms with Crippen LogP contribution in [0.25, 0.3) is 5.65 Å². The number of amides is 2. The van der Waals surface area contributed by atoms with E-state index < -0.39 is 29.2 Å². The van der Waals surface area contributed by atoms with Gasteiger partial charge in [0.05, 0.1) is 7.11 Å². The van der Waals surface area contributed by atoms with E-state index in [9.17, 15) is 19.5 Å². The number of thiazole rings is 1. The third-order valence-corrected chi connectivity index (χ3v) is 7.88. The molecular formula is C22H23N8O6S2+. The summed E-state index contributed by atoms with van der Waals surface area (Å²) in [7, 11) is 1.52. The zero-order valence-corrected chi connectivity index (χ0v) is 21.9. The number of nitrogen functional groups attached to an aromatic ring is 1. The minimum absolute atomic E-state index is 0.0898. The van der Waals surface area contributed by atoms with Crippen molar-refractivity contribution in [2.75, 3.05) is 25.2 Å². The molecule has 1 fully saturated rings. The van der Waals surface area contributed by atoms with Crippen molar-refractivity contribution in [3.05, 3.63) is 46.9 Å². The summed E-state index contributed by atoms with van der Waals surface area (Å²) in [5.74, 6) is -1.64. The lowest BCUT2D eigenvalue weighted by atomic mass is 10.0. The van der Waals surface area contributed by atoms with Gasteiger partial charge in [0.25, 0.3) is 17.7 Å². The van der Waals surface area contributed by atoms with E-state index in [0.29, 0.717) is 17.2 Å². The van der Waals surface area contributed by atoms with Gasteiger partial charge in [-0.3, -0.25) is 14.5 Å². The largest absolute Gasteiger partial charge is 0.479 e. The van der Waals surface area contributed by atoms with Crippen LogP contribution < -0.4 is 20.4 Å². The molecule has 3 aromatic heterocycles. The predicted molar refractivity (Wildman–Crippen MR) is 136 cm³/mol. The van der Waals surface area contributed by atoms with E-state index in [1.54, 1.807) is 35.3 Å². The SMILES string of the molecule is CCO/N=C(/C(=O)N[C@@H]1C(=O)N2C(C(=O)O)=C(C[n+]3ccn4nc(OC)ccc43)CS[C@H]12)c1csc(N)n1. The Bertz CT molecular complexity index is 1500. The van der Waals surface area contributed by atoms with E-state index in [1.807, 2.05) is 10.6 Å². The molecule has 0 aliphatic carbocycles. The molecule has 2 aliphatic rings. The summed E-state index contributed by atoms with van der Waals surface area (Å²) < 4.78 is 8.60. The van der Waals surface area contributed by atoms with Gasteiger partial charge in [-0.25, -0.2) is 14.3 Å². The molecule has 2 atom stereocenters. The van der Waals surface area contributed by atoms with Crippen molar-refractivity contribution in [2.45, 2.75) is 24.9 Å². The van der Waals surface area contributed by atoms with Gasteiger partial charge in [0.15, 0.2) is 17.0 Å². The van der Waals surface area contributed by atoms with Crippen molar-refractivity contribution in [3.8, 4) is 5.88 Å². The molecule has 5 heterocycles. The number of β-lactam (4-membered cyclic amide) rings is 1. The number of ether oxygens (including phenoxy) is 1. The molecule has 0 aromatic carbocycles. The minimum atomic E-state index is -1.22. The molecule has 3 aromatic rings. The summed E-state index contributed by atoms with van der Waals surface area (Å²) in [5, 5.41) is 22.0. The Labute approximate surface area is 223 Å². The zero-order chi connectivity index (χ0) is 27.0. The Kier molecular flexibility index (Phi) is 6.90. The number of anilines is 1. The second-order valence-electron chi connectivity index (χ2n) is 8.15. The first-order valence-electron chi connectivity index (χ1n) is 11.4. The summed E-state index contributed by atoms with van der Waals surface area (Å²) in [6, 6.07) is 2.58. The highest BCUT2D eigenvalue weighted by molar-refractivity contribution is 8.00. The van der Waals surface area contributed by atoms with Crippen LogP contribution >= 0.6 is 23.1 Å². The van der Waals surface area contributed by atoms with Crippen LogP contribution in [-0.4, -0.2) is 79.0 Å². The van der Waals surface area contributed by atoms with Crippen LogP contribution in [0, 0.1) is 0 Å². The maximum atomic E-state index is 13.1. The normalized spacial score (nSPS) is 19.3. The molecule has 0 radical (unpaired) electrons. The molecule has 38 heavy (non-hydrogen) atoms. The van der Waals surface area contributed by atoms with Crippen molar-refractivity contribution in [2.24, 2.45) is 5.16 Å².